The second-order valence-corrected chi connectivity index (χ2v) is 2.55. The molecule has 0 heterocycles. The third-order valence-electron chi connectivity index (χ3n) is 1.38. The zero-order valence-electron chi connectivity index (χ0n) is 9.56. The molecule has 4 N–H and O–H groups in total. The van der Waals surface area contributed by atoms with Crippen LogP contribution < -0.4 is 4.70 Å². The Morgan fingerprint density at radius 1 is 0.722 bits per heavy atom. The summed E-state index contributed by atoms with van der Waals surface area (Å²) >= 11 is 0. The zero-order valence-corrected chi connectivity index (χ0v) is 11.2. The van der Waals surface area contributed by atoms with Crippen LogP contribution in [0, 0.1) is 0 Å². The molecule has 0 bridgehead atoms. The van der Waals surface area contributed by atoms with Gasteiger partial charge in [0.05, 0.1) is 0 Å². The minimum Gasteiger partial charge on any atom is -1.00 e. The molecule has 0 fully saturated rings. The van der Waals surface area contributed by atoms with Gasteiger partial charge in [-0.3, -0.25) is 12.9 Å². The molecule has 0 aromatic heterocycles. The fraction of sp³-hybridized carbons (Fsp3) is 0.400. The Labute approximate surface area is 117 Å². The van der Waals surface area contributed by atoms with Gasteiger partial charge in [0.2, 0.25) is 0 Å². The second kappa shape index (κ2) is 25.3. The van der Waals surface area contributed by atoms with Gasteiger partial charge in [-0.15, -0.1) is 11.5 Å². The summed E-state index contributed by atoms with van der Waals surface area (Å²) < 4.78 is 29.0. The molecule has 0 aliphatic heterocycles. The van der Waals surface area contributed by atoms with Crippen LogP contribution >= 0.6 is 0 Å². The molecule has 0 aromatic carbocycles. The molecule has 1 rings (SSSR count). The van der Waals surface area contributed by atoms with E-state index < -0.39 is 7.54 Å². The Balaban J connectivity index is -0.0000000635. The maximum atomic E-state index is 9.67. The van der Waals surface area contributed by atoms with Crippen molar-refractivity contribution < 1.29 is 48.1 Å². The first kappa shape index (κ1) is 30.4. The Morgan fingerprint density at radius 3 is 1.06 bits per heavy atom. The summed E-state index contributed by atoms with van der Waals surface area (Å²) in [5.41, 5.74) is 6.27. The average molecular weight is 358 g/mol. The number of hydrogen-bond donors (Lipinski definition) is 0. The molecular formula is C10H16BF4O2Rh-. The van der Waals surface area contributed by atoms with Crippen molar-refractivity contribution in [2.24, 2.45) is 0 Å². The van der Waals surface area contributed by atoms with E-state index in [1.165, 1.54) is 0 Å². The first-order valence-electron chi connectivity index (χ1n) is 4.44. The van der Waals surface area contributed by atoms with Crippen LogP contribution in [-0.2, 0) is 19.5 Å². The number of halogens is 4. The molecular weight excluding hydrogens is 342 g/mol. The third-order valence-corrected chi connectivity index (χ3v) is 1.38. The van der Waals surface area contributed by atoms with Gasteiger partial charge in [0.15, 0.2) is 0 Å². The normalized spacial score (nSPS) is 11.3. The first-order valence-corrected chi connectivity index (χ1v) is 4.44. The van der Waals surface area contributed by atoms with Crippen molar-refractivity contribution in [1.29, 1.82) is 0 Å². The molecule has 2 nitrogen and oxygen atoms in total. The summed E-state index contributed by atoms with van der Waals surface area (Å²) in [6.45, 7) is 0. The minimum absolute atomic E-state index is 0. The standard InChI is InChI=1S/C10H12.BF3.FH.2H2O.Rh/c1-2-4-6-8-10-9-7-5-3-1;2-1(3)4;;;;/h1,5-6,10H,2,4,7,9H2;;1H;2*1H2;/p-1. The summed E-state index contributed by atoms with van der Waals surface area (Å²) in [5.74, 6) is 0. The van der Waals surface area contributed by atoms with Crippen LogP contribution in [0.2, 0.25) is 0 Å². The van der Waals surface area contributed by atoms with Gasteiger partial charge in [-0.05, 0) is 50.0 Å². The Morgan fingerprint density at radius 2 is 0.889 bits per heavy atom. The van der Waals surface area contributed by atoms with E-state index in [2.05, 4.69) is 35.8 Å². The van der Waals surface area contributed by atoms with Gasteiger partial charge in [-0.25, -0.2) is 0 Å². The second-order valence-electron chi connectivity index (χ2n) is 2.55. The Bertz CT molecular complexity index is 220. The number of hydrogen-bond acceptors (Lipinski definition) is 0. The number of allylic oxidation sites excluding steroid dienone is 2. The predicted molar refractivity (Wildman–Crippen MR) is 60.1 cm³/mol. The van der Waals surface area contributed by atoms with Crippen molar-refractivity contribution in [1.82, 2.24) is 0 Å². The van der Waals surface area contributed by atoms with E-state index in [4.69, 9.17) is 0 Å². The Hall–Kier alpha value is -0.632. The van der Waals surface area contributed by atoms with Gasteiger partial charge < -0.3 is 15.7 Å². The molecule has 1 radical (unpaired) electrons. The molecule has 0 spiro atoms. The van der Waals surface area contributed by atoms with Crippen LogP contribution in [0.25, 0.3) is 0 Å². The van der Waals surface area contributed by atoms with E-state index in [0.717, 1.165) is 25.7 Å². The van der Waals surface area contributed by atoms with Crippen LogP contribution in [0.3, 0.4) is 0 Å². The van der Waals surface area contributed by atoms with E-state index in [1.54, 1.807) is 0 Å². The smallest absolute Gasteiger partial charge is 0.762 e. The molecule has 0 aromatic rings. The third kappa shape index (κ3) is 36.2. The van der Waals surface area contributed by atoms with Gasteiger partial charge in [0.25, 0.3) is 0 Å². The molecule has 0 amide bonds. The van der Waals surface area contributed by atoms with Gasteiger partial charge in [0.1, 0.15) is 0 Å². The van der Waals surface area contributed by atoms with Crippen molar-refractivity contribution in [2.75, 3.05) is 0 Å². The maximum absolute atomic E-state index is 9.67. The SMILES string of the molecule is C1=CCCC=C=CCCC=1.FB(F)F.O.O.[F-].[Rh]. The van der Waals surface area contributed by atoms with E-state index in [9.17, 15) is 12.9 Å². The molecule has 18 heavy (non-hydrogen) atoms. The fourth-order valence-corrected chi connectivity index (χ4v) is 0.833. The first-order chi connectivity index (χ1) is 6.73. The Kier molecular flexibility index (Phi) is 42.7. The summed E-state index contributed by atoms with van der Waals surface area (Å²) in [6.07, 6.45) is 12.7. The molecule has 109 valence electrons. The summed E-state index contributed by atoms with van der Waals surface area (Å²) in [6, 6.07) is 0. The molecule has 1 aliphatic carbocycles. The monoisotopic (exact) mass is 358 g/mol. The summed E-state index contributed by atoms with van der Waals surface area (Å²) in [4.78, 5) is 0. The van der Waals surface area contributed by atoms with E-state index in [0.29, 0.717) is 0 Å². The topological polar surface area (TPSA) is 63.0 Å². The molecule has 0 saturated carbocycles. The maximum Gasteiger partial charge on any atom is 0.762 e. The molecule has 0 unspecified atom stereocenters. The summed E-state index contributed by atoms with van der Waals surface area (Å²) in [5, 5.41) is 0. The van der Waals surface area contributed by atoms with Gasteiger partial charge >= 0.3 is 7.54 Å². The van der Waals surface area contributed by atoms with E-state index in [-0.39, 0.29) is 35.1 Å². The zero-order chi connectivity index (χ0) is 10.6. The van der Waals surface area contributed by atoms with Crippen molar-refractivity contribution >= 4 is 7.54 Å². The minimum atomic E-state index is -3.67. The van der Waals surface area contributed by atoms with E-state index in [1.807, 2.05) is 0 Å². The van der Waals surface area contributed by atoms with Crippen LogP contribution in [0.15, 0.2) is 35.8 Å². The van der Waals surface area contributed by atoms with Crippen molar-refractivity contribution in [3.63, 3.8) is 0 Å². The molecule has 0 atom stereocenters. The average Bonchev–Trinajstić information content (AvgIpc) is 2.14. The van der Waals surface area contributed by atoms with Gasteiger partial charge in [-0.2, -0.15) is 0 Å². The van der Waals surface area contributed by atoms with Crippen molar-refractivity contribution in [2.45, 2.75) is 25.7 Å². The quantitative estimate of drug-likeness (QED) is 0.310. The largest absolute Gasteiger partial charge is 1.00 e. The summed E-state index contributed by atoms with van der Waals surface area (Å²) in [7, 11) is -3.67. The van der Waals surface area contributed by atoms with Crippen LogP contribution in [0.5, 0.6) is 0 Å². The van der Waals surface area contributed by atoms with Crippen LogP contribution in [-0.4, -0.2) is 18.5 Å². The van der Waals surface area contributed by atoms with Gasteiger partial charge in [-0.1, -0.05) is 0 Å². The predicted octanol–water partition coefficient (Wildman–Crippen LogP) is -0.785. The fourth-order valence-electron chi connectivity index (χ4n) is 0.833. The van der Waals surface area contributed by atoms with Gasteiger partial charge in [0, 0.05) is 19.5 Å². The number of rotatable bonds is 0. The van der Waals surface area contributed by atoms with E-state index >= 15 is 0 Å². The van der Waals surface area contributed by atoms with Crippen molar-refractivity contribution in [3.8, 4) is 0 Å². The van der Waals surface area contributed by atoms with Crippen LogP contribution in [0.1, 0.15) is 25.7 Å². The molecule has 0 saturated heterocycles. The van der Waals surface area contributed by atoms with Crippen LogP contribution in [0.4, 0.5) is 12.9 Å². The van der Waals surface area contributed by atoms with Crippen molar-refractivity contribution in [3.05, 3.63) is 35.8 Å². The molecule has 1 aliphatic rings. The molecule has 8 heteroatoms.